The summed E-state index contributed by atoms with van der Waals surface area (Å²) < 4.78 is 65.6. The molecule has 0 aromatic carbocycles. The molecule has 2 saturated heterocycles. The zero-order valence-electron chi connectivity index (χ0n) is 53.3. The molecule has 2 fully saturated rings. The van der Waals surface area contributed by atoms with Gasteiger partial charge in [0.25, 0.3) is 11.6 Å². The van der Waals surface area contributed by atoms with Gasteiger partial charge >= 0.3 is 109 Å². The van der Waals surface area contributed by atoms with Gasteiger partial charge in [-0.05, 0) is 108 Å². The first-order valence-corrected chi connectivity index (χ1v) is 29.0. The van der Waals surface area contributed by atoms with Crippen molar-refractivity contribution >= 4 is 94.2 Å². The number of sulfone groups is 1. The molecule has 2 atom stereocenters. The van der Waals surface area contributed by atoms with E-state index in [1.54, 1.807) is 63.2 Å². The number of ether oxygens (including phenoxy) is 2. The molecule has 8 rings (SSSR count). The van der Waals surface area contributed by atoms with E-state index >= 15 is 0 Å². The maximum absolute atomic E-state index is 13.6. The number of aryl methyl sites for hydroxylation is 4. The molecule has 4 N–H and O–H groups in total. The minimum Gasteiger partial charge on any atom is -1.00 e. The number of nitrogens with zero attached hydrogens (tertiary/aromatic N) is 11. The van der Waals surface area contributed by atoms with Gasteiger partial charge in [0.15, 0.2) is 11.6 Å². The van der Waals surface area contributed by atoms with E-state index in [-0.39, 0.29) is 198 Å². The Morgan fingerprint density at radius 3 is 1.53 bits per heavy atom. The second-order valence-electron chi connectivity index (χ2n) is 23.6. The summed E-state index contributed by atoms with van der Waals surface area (Å²) in [7, 11) is -4.67. The van der Waals surface area contributed by atoms with E-state index in [1.807, 2.05) is 4.90 Å². The monoisotopic (exact) mass is 1370 g/mol. The summed E-state index contributed by atoms with van der Waals surface area (Å²) in [5, 5.41) is 41.3. The maximum Gasteiger partial charge on any atom is 1.00 e. The van der Waals surface area contributed by atoms with Crippen molar-refractivity contribution in [3.05, 3.63) is 88.9 Å². The summed E-state index contributed by atoms with van der Waals surface area (Å²) in [6.45, 7) is 31.4. The van der Waals surface area contributed by atoms with Crippen molar-refractivity contribution in [3.63, 3.8) is 0 Å². The van der Waals surface area contributed by atoms with E-state index in [0.29, 0.717) is 66.1 Å². The normalized spacial score (nSPS) is 15.5. The van der Waals surface area contributed by atoms with Crippen LogP contribution in [0.4, 0.5) is 5.82 Å². The minimum atomic E-state index is -4.33. The molecule has 0 aliphatic carbocycles. The Hall–Kier alpha value is -2.52. The van der Waals surface area contributed by atoms with E-state index in [4.69, 9.17) is 46.4 Å². The summed E-state index contributed by atoms with van der Waals surface area (Å²) in [4.78, 5) is 46.6. The van der Waals surface area contributed by atoms with E-state index < -0.39 is 30.9 Å². The predicted octanol–water partition coefficient (Wildman–Crippen LogP) is 0.990. The summed E-state index contributed by atoms with van der Waals surface area (Å²) in [6, 6.07) is 9.53. The minimum absolute atomic E-state index is 0. The van der Waals surface area contributed by atoms with Crippen LogP contribution in [-0.4, -0.2) is 126 Å². The molecule has 0 radical (unpaired) electrons. The van der Waals surface area contributed by atoms with E-state index in [1.165, 1.54) is 57.6 Å². The van der Waals surface area contributed by atoms with Crippen LogP contribution in [0.3, 0.4) is 0 Å². The van der Waals surface area contributed by atoms with Gasteiger partial charge in [-0.1, -0.05) is 67.0 Å². The summed E-state index contributed by atoms with van der Waals surface area (Å²) in [6.07, 6.45) is 8.36. The molecule has 86 heavy (non-hydrogen) atoms. The van der Waals surface area contributed by atoms with Crippen LogP contribution in [0, 0.1) is 36.5 Å². The smallest absolute Gasteiger partial charge is 1.00 e. The van der Waals surface area contributed by atoms with Crippen LogP contribution < -0.4 is 133 Å². The van der Waals surface area contributed by atoms with Crippen LogP contribution in [0.15, 0.2) is 71.0 Å². The number of pyridine rings is 2. The molecule has 2 aliphatic heterocycles. The molecule has 0 spiro atoms. The molecular weight excluding hydrogens is 1290 g/mol. The summed E-state index contributed by atoms with van der Waals surface area (Å²) >= 11 is 5.84. The number of carboxylic acids is 1. The number of carbonyl (C=O) groups excluding carboxylic acids is 2. The molecule has 6 aromatic heterocycles. The van der Waals surface area contributed by atoms with E-state index in [0.717, 1.165) is 12.3 Å². The van der Waals surface area contributed by atoms with Gasteiger partial charge in [-0.3, -0.25) is 19.0 Å². The third kappa shape index (κ3) is 26.0. The molecule has 0 amide bonds. The number of rotatable bonds is 12. The van der Waals surface area contributed by atoms with Crippen molar-refractivity contribution in [1.29, 1.82) is 0 Å². The van der Waals surface area contributed by atoms with E-state index in [2.05, 4.69) is 119 Å². The number of carboxylic acid groups (broad SMARTS) is 1. The number of anilines is 1. The topological polar surface area (TPSA) is 329 Å². The van der Waals surface area contributed by atoms with Crippen LogP contribution in [0.5, 0.6) is 11.8 Å². The summed E-state index contributed by atoms with van der Waals surface area (Å²) in [5.74, 6) is 2.27. The fraction of sp³-hybridized carbons (Fsp3) is 0.528. The number of sulfonamides is 1. The van der Waals surface area contributed by atoms with Crippen molar-refractivity contribution in [2.75, 3.05) is 31.2 Å². The van der Waals surface area contributed by atoms with Crippen molar-refractivity contribution in [2.45, 2.75) is 131 Å². The quantitative estimate of drug-likeness (QED) is 0.0506. The molecular formula is C53H83Cl2K2N13O12S4. The molecule has 2 aliphatic rings. The number of aromatic nitrogens is 10. The van der Waals surface area contributed by atoms with Crippen LogP contribution >= 0.6 is 51.0 Å². The number of nitrogens with two attached hydrogens (primary N) is 1. The molecule has 0 bridgehead atoms. The Morgan fingerprint density at radius 2 is 1.22 bits per heavy atom. The number of aromatic carboxylic acids is 1. The maximum atomic E-state index is 13.6. The fourth-order valence-electron chi connectivity index (χ4n) is 8.62. The Kier molecular flexibility index (Phi) is 35.7. The van der Waals surface area contributed by atoms with Crippen LogP contribution in [0.2, 0.25) is 5.15 Å². The second kappa shape index (κ2) is 35.9. The Morgan fingerprint density at radius 1 is 0.779 bits per heavy atom. The first-order valence-electron chi connectivity index (χ1n) is 25.6. The number of primary sulfonamides is 1. The third-order valence-electron chi connectivity index (χ3n) is 12.0. The number of halogens is 2. The molecule has 8 heterocycles. The first-order chi connectivity index (χ1) is 37.3. The van der Waals surface area contributed by atoms with Crippen molar-refractivity contribution in [3.8, 4) is 23.4 Å². The molecule has 6 aromatic rings. The number of hydrogen-bond acceptors (Lipinski definition) is 19. The standard InChI is InChI=1S/C26H36N6O4S.C14H16ClN3O3.C7H15N.C5H9N3O2S.CH2O3.ClH.2K.2H2S.H/c1-17-13-26(6,7)31(14-17)23-19(24(33)37(34,35)20-15-30(8)28-18(20)2)9-10-21(27-23)32-12-11-22(29-32)36-16-25(3,4)5;1-14(2,3)8-21-11-6-7-18(17-11)10-5-4-9(13(19)20)12(15)16-10;1-6-4-7(2,3)8-5-6;1-4-5(11(6,9)10)3-8(2)7-4;2-1-4-3;;;;;;/h9-12,15,17H,13-14,16H2,1-8H3;4-7H,8H2,1-3H3,(H,19,20);6,8H,4-5H2,1-3H3;3H,1-2H3,(H2,6,9,10);1,3H;1H;;;2*1H2;/q;;;;;;2*+1;;;-1/p-1/t17-;;6-;;;;;;;;/m0.0......../s1. The Labute approximate surface area is 616 Å². The van der Waals surface area contributed by atoms with Gasteiger partial charge in [-0.25, -0.2) is 46.1 Å². The Balaban J connectivity index is -0.00000119. The number of nitrogens with one attached hydrogen (secondary N) is 1. The van der Waals surface area contributed by atoms with Crippen molar-refractivity contribution in [1.82, 2.24) is 54.4 Å². The van der Waals surface area contributed by atoms with Crippen molar-refractivity contribution in [2.24, 2.45) is 41.9 Å². The molecule has 0 saturated carbocycles. The Bertz CT molecular complexity index is 3390. The zero-order chi connectivity index (χ0) is 61.2. The predicted molar refractivity (Wildman–Crippen MR) is 331 cm³/mol. The summed E-state index contributed by atoms with van der Waals surface area (Å²) in [5.41, 5.74) is 0.800. The van der Waals surface area contributed by atoms with Crippen LogP contribution in [0.1, 0.15) is 129 Å². The van der Waals surface area contributed by atoms with Crippen molar-refractivity contribution < 1.29 is 160 Å². The van der Waals surface area contributed by atoms with Crippen LogP contribution in [0.25, 0.3) is 11.6 Å². The second-order valence-corrected chi connectivity index (χ2v) is 27.3. The van der Waals surface area contributed by atoms with Gasteiger partial charge in [0.2, 0.25) is 31.6 Å². The van der Waals surface area contributed by atoms with Gasteiger partial charge in [-0.15, -0.1) is 22.6 Å². The average Bonchev–Trinajstić information content (AvgIpc) is 3.57. The van der Waals surface area contributed by atoms with Gasteiger partial charge in [0.05, 0.1) is 35.7 Å². The largest absolute Gasteiger partial charge is 1.00 e. The van der Waals surface area contributed by atoms with Gasteiger partial charge in [0.1, 0.15) is 20.8 Å². The number of hydrogen-bond donors (Lipinski definition) is 3. The van der Waals surface area contributed by atoms with Gasteiger partial charge < -0.3 is 36.4 Å². The SMILES string of the molecule is CC(C)(C)COc1ccn(-c2ccc(C(=O)O)c(Cl)n2)n1.C[C@@H]1CNC(C)(C)C1.Cc1nn(C)cc1S(=O)(=O)C(=O)c1ccc(-n2ccc(OCC(C)(C)C)n2)nc1N1C[C@@H](C)CC1(C)C.Cc1nn(C)cc1S(N)(=O)=O.Cl.O=CO[O-].S.S.[H-].[K+].[K+]. The van der Waals surface area contributed by atoms with Gasteiger partial charge in [0, 0.05) is 68.6 Å². The van der Waals surface area contributed by atoms with Gasteiger partial charge in [-0.2, -0.15) is 37.2 Å². The fourth-order valence-corrected chi connectivity index (χ4v) is 11.0. The van der Waals surface area contributed by atoms with E-state index in [9.17, 15) is 26.4 Å². The molecule has 472 valence electrons. The molecule has 25 nitrogen and oxygen atoms in total. The third-order valence-corrected chi connectivity index (χ3v) is 15.0. The average molecular weight is 1370 g/mol. The molecule has 0 unspecified atom stereocenters. The molecule has 33 heteroatoms. The first kappa shape index (κ1) is 85.5. The zero-order valence-corrected chi connectivity index (χ0v) is 63.7. The van der Waals surface area contributed by atoms with Crippen LogP contribution in [-0.2, 0) is 43.6 Å². The number of carbonyl (C=O) groups is 3.